The summed E-state index contributed by atoms with van der Waals surface area (Å²) in [6.45, 7) is 4.78. The summed E-state index contributed by atoms with van der Waals surface area (Å²) in [7, 11) is 0. The number of carbonyl (C=O) groups is 2. The van der Waals surface area contributed by atoms with Crippen molar-refractivity contribution < 1.29 is 9.59 Å². The van der Waals surface area contributed by atoms with Gasteiger partial charge in [-0.15, -0.1) is 0 Å². The molecule has 29 heavy (non-hydrogen) atoms. The van der Waals surface area contributed by atoms with Crippen molar-refractivity contribution in [3.05, 3.63) is 42.2 Å². The molecular weight excluding hydrogens is 364 g/mol. The summed E-state index contributed by atoms with van der Waals surface area (Å²) in [5.41, 5.74) is 0.713. The first-order chi connectivity index (χ1) is 14.2. The average molecular weight is 393 g/mol. The van der Waals surface area contributed by atoms with Crippen LogP contribution in [-0.2, 0) is 4.79 Å². The van der Waals surface area contributed by atoms with E-state index in [9.17, 15) is 9.59 Å². The molecule has 0 radical (unpaired) electrons. The zero-order chi connectivity index (χ0) is 19.8. The maximum absolute atomic E-state index is 13.1. The zero-order valence-electron chi connectivity index (χ0n) is 16.8. The Balaban J connectivity index is 1.25. The van der Waals surface area contributed by atoms with Gasteiger partial charge in [0.05, 0.1) is 6.54 Å². The van der Waals surface area contributed by atoms with Crippen molar-refractivity contribution >= 4 is 22.6 Å². The zero-order valence-corrected chi connectivity index (χ0v) is 16.8. The summed E-state index contributed by atoms with van der Waals surface area (Å²) < 4.78 is 0. The molecule has 1 unspecified atom stereocenters. The van der Waals surface area contributed by atoms with Gasteiger partial charge in [0.15, 0.2) is 0 Å². The molecule has 3 heterocycles. The number of aromatic nitrogens is 1. The van der Waals surface area contributed by atoms with Crippen LogP contribution < -0.4 is 0 Å². The third-order valence-corrected chi connectivity index (χ3v) is 6.56. The van der Waals surface area contributed by atoms with Crippen molar-refractivity contribution in [1.29, 1.82) is 0 Å². The van der Waals surface area contributed by atoms with Crippen molar-refractivity contribution in [2.24, 2.45) is 5.92 Å². The van der Waals surface area contributed by atoms with Crippen LogP contribution in [0, 0.1) is 5.92 Å². The van der Waals surface area contributed by atoms with Crippen LogP contribution >= 0.6 is 0 Å². The molecule has 1 aromatic carbocycles. The normalized spacial score (nSPS) is 23.6. The number of likely N-dealkylation sites (tertiary alicyclic amines) is 1. The molecule has 1 aromatic heterocycles. The summed E-state index contributed by atoms with van der Waals surface area (Å²) in [6.07, 6.45) is 8.14. The molecule has 1 saturated carbocycles. The lowest BCUT2D eigenvalue weighted by atomic mass is 10.0. The van der Waals surface area contributed by atoms with Gasteiger partial charge in [0, 0.05) is 62.1 Å². The monoisotopic (exact) mass is 392 g/mol. The Kier molecular flexibility index (Phi) is 4.96. The van der Waals surface area contributed by atoms with Gasteiger partial charge in [-0.2, -0.15) is 0 Å². The van der Waals surface area contributed by atoms with Crippen LogP contribution in [0.3, 0.4) is 0 Å². The minimum atomic E-state index is 0.0632. The molecule has 6 heteroatoms. The van der Waals surface area contributed by atoms with E-state index >= 15 is 0 Å². The van der Waals surface area contributed by atoms with Crippen molar-refractivity contribution in [3.63, 3.8) is 0 Å². The van der Waals surface area contributed by atoms with Crippen LogP contribution in [0.4, 0.5) is 0 Å². The number of hydrogen-bond donors (Lipinski definition) is 0. The molecule has 6 nitrogen and oxygen atoms in total. The molecule has 152 valence electrons. The molecular formula is C23H28N4O2. The lowest BCUT2D eigenvalue weighted by Crippen LogP contribution is -2.58. The fourth-order valence-electron chi connectivity index (χ4n) is 4.74. The van der Waals surface area contributed by atoms with Crippen molar-refractivity contribution in [2.75, 3.05) is 39.3 Å². The van der Waals surface area contributed by atoms with Crippen LogP contribution in [0.1, 0.15) is 36.0 Å². The van der Waals surface area contributed by atoms with E-state index in [1.807, 2.05) is 40.3 Å². The molecule has 0 N–H and O–H groups in total. The van der Waals surface area contributed by atoms with E-state index in [0.29, 0.717) is 18.7 Å². The molecule has 3 fully saturated rings. The van der Waals surface area contributed by atoms with Gasteiger partial charge in [-0.3, -0.25) is 19.5 Å². The number of fused-ring (bicyclic) bond motifs is 1. The number of piperazine rings is 1. The van der Waals surface area contributed by atoms with Crippen molar-refractivity contribution in [1.82, 2.24) is 19.7 Å². The molecule has 0 spiro atoms. The maximum Gasteiger partial charge on any atom is 0.253 e. The van der Waals surface area contributed by atoms with Gasteiger partial charge in [0.25, 0.3) is 5.91 Å². The van der Waals surface area contributed by atoms with Gasteiger partial charge in [-0.1, -0.05) is 6.07 Å². The van der Waals surface area contributed by atoms with Crippen LogP contribution in [0.2, 0.25) is 0 Å². The first-order valence-electron chi connectivity index (χ1n) is 10.8. The summed E-state index contributed by atoms with van der Waals surface area (Å²) in [5.74, 6) is 1.11. The molecule has 2 saturated heterocycles. The molecule has 2 amide bonds. The Morgan fingerprint density at radius 2 is 1.97 bits per heavy atom. The fraction of sp³-hybridized carbons (Fsp3) is 0.522. The first-order valence-corrected chi connectivity index (χ1v) is 10.8. The van der Waals surface area contributed by atoms with E-state index in [4.69, 9.17) is 0 Å². The fourth-order valence-corrected chi connectivity index (χ4v) is 4.74. The van der Waals surface area contributed by atoms with Gasteiger partial charge in [0.2, 0.25) is 5.91 Å². The van der Waals surface area contributed by atoms with E-state index in [-0.39, 0.29) is 17.9 Å². The predicted molar refractivity (Wildman–Crippen MR) is 112 cm³/mol. The Labute approximate surface area is 171 Å². The van der Waals surface area contributed by atoms with Crippen LogP contribution in [0.25, 0.3) is 10.8 Å². The standard InChI is InChI=1S/C23H28N4O2/c28-22-16-25(14-17-3-4-17)10-11-27(22)21-2-1-9-26(15-21)23(29)19-5-6-20-13-24-8-7-18(20)12-19/h5-8,12-13,17,21H,1-4,9-11,14-16H2. The Hall–Kier alpha value is -2.47. The highest BCUT2D eigenvalue weighted by Gasteiger charge is 2.35. The molecule has 2 aromatic rings. The van der Waals surface area contributed by atoms with Crippen molar-refractivity contribution in [3.8, 4) is 0 Å². The smallest absolute Gasteiger partial charge is 0.253 e. The van der Waals surface area contributed by atoms with E-state index in [0.717, 1.165) is 55.7 Å². The largest absolute Gasteiger partial charge is 0.337 e. The second-order valence-corrected chi connectivity index (χ2v) is 8.75. The number of hydrogen-bond acceptors (Lipinski definition) is 4. The molecule has 0 bridgehead atoms. The second kappa shape index (κ2) is 7.75. The lowest BCUT2D eigenvalue weighted by Gasteiger charge is -2.43. The predicted octanol–water partition coefficient (Wildman–Crippen LogP) is 2.39. The number of piperidine rings is 1. The van der Waals surface area contributed by atoms with Gasteiger partial charge in [0.1, 0.15) is 0 Å². The molecule has 3 aliphatic rings. The van der Waals surface area contributed by atoms with Gasteiger partial charge >= 0.3 is 0 Å². The third-order valence-electron chi connectivity index (χ3n) is 6.56. The Morgan fingerprint density at radius 3 is 2.79 bits per heavy atom. The molecule has 1 aliphatic carbocycles. The highest BCUT2D eigenvalue weighted by atomic mass is 16.2. The van der Waals surface area contributed by atoms with E-state index in [1.165, 1.54) is 12.8 Å². The Bertz CT molecular complexity index is 926. The topological polar surface area (TPSA) is 56.8 Å². The average Bonchev–Trinajstić information content (AvgIpc) is 3.57. The number of nitrogens with zero attached hydrogens (tertiary/aromatic N) is 4. The molecule has 5 rings (SSSR count). The summed E-state index contributed by atoms with van der Waals surface area (Å²) in [4.78, 5) is 36.3. The SMILES string of the molecule is O=C(c1ccc2cnccc2c1)N1CCCC(N2CCN(CC3CC3)CC2=O)C1. The van der Waals surface area contributed by atoms with Gasteiger partial charge in [-0.25, -0.2) is 0 Å². The molecule has 1 atom stereocenters. The molecule has 2 aliphatic heterocycles. The summed E-state index contributed by atoms with van der Waals surface area (Å²) >= 11 is 0. The van der Waals surface area contributed by atoms with Crippen LogP contribution in [0.15, 0.2) is 36.7 Å². The Morgan fingerprint density at radius 1 is 1.07 bits per heavy atom. The van der Waals surface area contributed by atoms with Gasteiger partial charge in [-0.05, 0) is 55.2 Å². The minimum absolute atomic E-state index is 0.0632. The summed E-state index contributed by atoms with van der Waals surface area (Å²) in [5, 5.41) is 2.07. The third kappa shape index (κ3) is 3.99. The number of carbonyl (C=O) groups excluding carboxylic acids is 2. The lowest BCUT2D eigenvalue weighted by molar-refractivity contribution is -0.139. The van der Waals surface area contributed by atoms with Crippen LogP contribution in [0.5, 0.6) is 0 Å². The van der Waals surface area contributed by atoms with E-state index in [1.54, 1.807) is 6.20 Å². The number of benzene rings is 1. The minimum Gasteiger partial charge on any atom is -0.337 e. The number of pyridine rings is 1. The number of amides is 2. The maximum atomic E-state index is 13.1. The highest BCUT2D eigenvalue weighted by Crippen LogP contribution is 2.30. The quantitative estimate of drug-likeness (QED) is 0.802. The van der Waals surface area contributed by atoms with E-state index in [2.05, 4.69) is 9.88 Å². The first kappa shape index (κ1) is 18.6. The summed E-state index contributed by atoms with van der Waals surface area (Å²) in [6, 6.07) is 7.88. The van der Waals surface area contributed by atoms with E-state index < -0.39 is 0 Å². The second-order valence-electron chi connectivity index (χ2n) is 8.75. The van der Waals surface area contributed by atoms with Gasteiger partial charge < -0.3 is 9.80 Å². The highest BCUT2D eigenvalue weighted by molar-refractivity contribution is 5.98. The number of rotatable bonds is 4. The van der Waals surface area contributed by atoms with Crippen molar-refractivity contribution in [2.45, 2.75) is 31.7 Å². The van der Waals surface area contributed by atoms with Crippen LogP contribution in [-0.4, -0.2) is 76.8 Å².